The van der Waals surface area contributed by atoms with Gasteiger partial charge in [-0.15, -0.1) is 0 Å². The molecule has 7 atom stereocenters. The van der Waals surface area contributed by atoms with E-state index in [1.54, 1.807) is 12.1 Å². The van der Waals surface area contributed by atoms with Crippen molar-refractivity contribution in [3.05, 3.63) is 29.8 Å². The highest BCUT2D eigenvalue weighted by Crippen LogP contribution is 2.66. The monoisotopic (exact) mass is 430 g/mol. The van der Waals surface area contributed by atoms with Crippen molar-refractivity contribution in [3.63, 3.8) is 0 Å². The second-order valence-electron chi connectivity index (χ2n) is 11.5. The molecule has 166 valence electrons. The van der Waals surface area contributed by atoms with Crippen LogP contribution in [0.25, 0.3) is 0 Å². The van der Waals surface area contributed by atoms with Gasteiger partial charge in [0.1, 0.15) is 0 Å². The van der Waals surface area contributed by atoms with Crippen LogP contribution in [0.5, 0.6) is 0 Å². The van der Waals surface area contributed by atoms with E-state index in [4.69, 9.17) is 4.18 Å². The van der Waals surface area contributed by atoms with Crippen LogP contribution in [0.15, 0.2) is 29.2 Å². The first-order chi connectivity index (χ1) is 14.2. The molecule has 30 heavy (non-hydrogen) atoms. The van der Waals surface area contributed by atoms with Crippen molar-refractivity contribution in [2.24, 2.45) is 34.5 Å². The van der Waals surface area contributed by atoms with E-state index in [0.29, 0.717) is 16.7 Å². The lowest BCUT2D eigenvalue weighted by atomic mass is 9.45. The molecule has 5 rings (SSSR count). The maximum atomic E-state index is 12.8. The first-order valence-electron chi connectivity index (χ1n) is 12.2. The molecule has 3 nitrogen and oxygen atoms in total. The topological polar surface area (TPSA) is 43.4 Å². The van der Waals surface area contributed by atoms with Crippen LogP contribution in [0.4, 0.5) is 0 Å². The molecule has 0 radical (unpaired) electrons. The number of hydrogen-bond acceptors (Lipinski definition) is 3. The average Bonchev–Trinajstić information content (AvgIpc) is 3.10. The lowest BCUT2D eigenvalue weighted by Gasteiger charge is -2.60. The van der Waals surface area contributed by atoms with Crippen molar-refractivity contribution >= 4 is 10.1 Å². The summed E-state index contributed by atoms with van der Waals surface area (Å²) in [6, 6.07) is 7.03. The molecule has 4 aliphatic carbocycles. The quantitative estimate of drug-likeness (QED) is 0.514. The van der Waals surface area contributed by atoms with Crippen molar-refractivity contribution < 1.29 is 12.6 Å². The zero-order chi connectivity index (χ0) is 21.1. The molecule has 1 aromatic carbocycles. The van der Waals surface area contributed by atoms with Gasteiger partial charge in [0.2, 0.25) is 0 Å². The van der Waals surface area contributed by atoms with Crippen molar-refractivity contribution in [3.8, 4) is 0 Å². The minimum Gasteiger partial charge on any atom is -0.263 e. The van der Waals surface area contributed by atoms with Gasteiger partial charge >= 0.3 is 0 Å². The van der Waals surface area contributed by atoms with Gasteiger partial charge in [-0.05, 0) is 111 Å². The molecule has 0 saturated heterocycles. The number of rotatable bonds is 3. The Bertz CT molecular complexity index is 891. The molecular weight excluding hydrogens is 392 g/mol. The molecule has 4 saturated carbocycles. The summed E-state index contributed by atoms with van der Waals surface area (Å²) in [6.07, 6.45) is 12.5. The minimum atomic E-state index is -3.68. The van der Waals surface area contributed by atoms with Gasteiger partial charge in [-0.1, -0.05) is 38.0 Å². The lowest BCUT2D eigenvalue weighted by molar-refractivity contribution is -0.117. The van der Waals surface area contributed by atoms with Gasteiger partial charge in [-0.2, -0.15) is 8.42 Å². The predicted octanol–water partition coefficient (Wildman–Crippen LogP) is 6.50. The molecule has 4 heteroatoms. The van der Waals surface area contributed by atoms with Gasteiger partial charge in [-0.3, -0.25) is 4.18 Å². The Kier molecular flexibility index (Phi) is 5.13. The first kappa shape index (κ1) is 21.0. The third-order valence-corrected chi connectivity index (χ3v) is 11.3. The van der Waals surface area contributed by atoms with Gasteiger partial charge in [0, 0.05) is 0 Å². The summed E-state index contributed by atoms with van der Waals surface area (Å²) < 4.78 is 31.4. The van der Waals surface area contributed by atoms with Crippen molar-refractivity contribution in [2.45, 2.75) is 96.0 Å². The van der Waals surface area contributed by atoms with E-state index in [0.717, 1.165) is 42.6 Å². The van der Waals surface area contributed by atoms with Gasteiger partial charge in [0.25, 0.3) is 10.1 Å². The summed E-state index contributed by atoms with van der Waals surface area (Å²) in [5.41, 5.74) is 2.04. The average molecular weight is 431 g/mol. The van der Waals surface area contributed by atoms with Crippen LogP contribution < -0.4 is 0 Å². The van der Waals surface area contributed by atoms with Crippen molar-refractivity contribution in [1.82, 2.24) is 0 Å². The Morgan fingerprint density at radius 2 is 1.67 bits per heavy atom. The minimum absolute atomic E-state index is 0.161. The fraction of sp³-hybridized carbons (Fsp3) is 0.769. The standard InChI is InChI=1S/C26H38O3S/c1-18-6-9-21(10-7-18)30(27,28)29-20-12-16-26(3)19(17-20)8-11-22-23-5-4-14-25(23,2)15-13-24(22)26/h6-7,9-10,19-20,22-24H,4-5,8,11-17H2,1-3H3/t19-,20+,22-,23-,24+,25+,26-/m1/s1. The van der Waals surface area contributed by atoms with E-state index < -0.39 is 10.1 Å². The first-order valence-corrected chi connectivity index (χ1v) is 13.6. The second kappa shape index (κ2) is 7.33. The Labute approximate surface area is 183 Å². The molecule has 0 aliphatic heterocycles. The third-order valence-electron chi connectivity index (χ3n) is 9.97. The zero-order valence-corrected chi connectivity index (χ0v) is 19.7. The third kappa shape index (κ3) is 3.37. The van der Waals surface area contributed by atoms with Crippen molar-refractivity contribution in [2.75, 3.05) is 0 Å². The summed E-state index contributed by atoms with van der Waals surface area (Å²) in [4.78, 5) is 0.290. The van der Waals surface area contributed by atoms with E-state index in [9.17, 15) is 8.42 Å². The highest BCUT2D eigenvalue weighted by Gasteiger charge is 2.58. The molecule has 0 amide bonds. The number of benzene rings is 1. The zero-order valence-electron chi connectivity index (χ0n) is 18.9. The van der Waals surface area contributed by atoms with E-state index in [2.05, 4.69) is 13.8 Å². The summed E-state index contributed by atoms with van der Waals surface area (Å²) in [6.45, 7) is 7.07. The summed E-state index contributed by atoms with van der Waals surface area (Å²) in [7, 11) is -3.68. The molecule has 0 bridgehead atoms. The summed E-state index contributed by atoms with van der Waals surface area (Å²) in [5.74, 6) is 3.28. The molecular formula is C26H38O3S. The molecule has 0 spiro atoms. The van der Waals surface area contributed by atoms with Crippen molar-refractivity contribution in [1.29, 1.82) is 0 Å². The Hall–Kier alpha value is -0.870. The van der Waals surface area contributed by atoms with Crippen LogP contribution in [0.2, 0.25) is 0 Å². The molecule has 0 unspecified atom stereocenters. The van der Waals surface area contributed by atoms with Gasteiger partial charge in [-0.25, -0.2) is 0 Å². The summed E-state index contributed by atoms with van der Waals surface area (Å²) >= 11 is 0. The van der Waals surface area contributed by atoms with Gasteiger partial charge in [0.05, 0.1) is 11.0 Å². The van der Waals surface area contributed by atoms with Crippen LogP contribution in [0.3, 0.4) is 0 Å². The summed E-state index contributed by atoms with van der Waals surface area (Å²) in [5, 5.41) is 0. The fourth-order valence-electron chi connectivity index (χ4n) is 8.24. The second-order valence-corrected chi connectivity index (χ2v) is 13.1. The number of fused-ring (bicyclic) bond motifs is 5. The highest BCUT2D eigenvalue weighted by atomic mass is 32.2. The normalized spacial score (nSPS) is 43.5. The molecule has 0 aromatic heterocycles. The molecule has 1 aromatic rings. The molecule has 0 N–H and O–H groups in total. The predicted molar refractivity (Wildman–Crippen MR) is 120 cm³/mol. The smallest absolute Gasteiger partial charge is 0.263 e. The van der Waals surface area contributed by atoms with E-state index in [1.165, 1.54) is 44.9 Å². The fourth-order valence-corrected chi connectivity index (χ4v) is 9.35. The SMILES string of the molecule is Cc1ccc(S(=O)(=O)O[C@H]2CC[C@]3(C)[C@H](CC[C@@H]4[C@H]5CCC[C@@]5(C)CC[C@@H]43)C2)cc1. The van der Waals surface area contributed by atoms with E-state index in [-0.39, 0.29) is 11.0 Å². The molecule has 0 heterocycles. The van der Waals surface area contributed by atoms with Crippen LogP contribution in [-0.4, -0.2) is 14.5 Å². The number of hydrogen-bond donors (Lipinski definition) is 0. The van der Waals surface area contributed by atoms with E-state index in [1.807, 2.05) is 19.1 Å². The largest absolute Gasteiger partial charge is 0.297 e. The van der Waals surface area contributed by atoms with Crippen LogP contribution in [0.1, 0.15) is 83.6 Å². The van der Waals surface area contributed by atoms with Crippen LogP contribution in [0, 0.1) is 41.4 Å². The Morgan fingerprint density at radius 3 is 2.43 bits per heavy atom. The molecule has 4 fully saturated rings. The molecule has 4 aliphatic rings. The van der Waals surface area contributed by atoms with Crippen LogP contribution >= 0.6 is 0 Å². The maximum absolute atomic E-state index is 12.8. The lowest BCUT2D eigenvalue weighted by Crippen LogP contribution is -2.53. The van der Waals surface area contributed by atoms with Gasteiger partial charge < -0.3 is 0 Å². The highest BCUT2D eigenvalue weighted by molar-refractivity contribution is 7.86. The van der Waals surface area contributed by atoms with Gasteiger partial charge in [0.15, 0.2) is 0 Å². The number of aryl methyl sites for hydroxylation is 1. The van der Waals surface area contributed by atoms with Crippen LogP contribution in [-0.2, 0) is 14.3 Å². The Morgan fingerprint density at radius 1 is 0.900 bits per heavy atom. The van der Waals surface area contributed by atoms with E-state index >= 15 is 0 Å². The Balaban J connectivity index is 1.30. The maximum Gasteiger partial charge on any atom is 0.297 e.